The highest BCUT2D eigenvalue weighted by molar-refractivity contribution is 5.74. The van der Waals surface area contributed by atoms with Crippen molar-refractivity contribution in [3.05, 3.63) is 72.2 Å². The summed E-state index contributed by atoms with van der Waals surface area (Å²) in [7, 11) is 3.17. The van der Waals surface area contributed by atoms with E-state index in [1.165, 1.54) is 0 Å². The van der Waals surface area contributed by atoms with Gasteiger partial charge in [-0.1, -0.05) is 6.07 Å². The number of ether oxygens (including phenoxy) is 2. The van der Waals surface area contributed by atoms with E-state index in [-0.39, 0.29) is 6.03 Å². The molecule has 0 radical (unpaired) electrons. The molecule has 0 aliphatic rings. The van der Waals surface area contributed by atoms with Gasteiger partial charge in [0, 0.05) is 37.2 Å². The molecule has 0 aliphatic carbocycles. The predicted octanol–water partition coefficient (Wildman–Crippen LogP) is 3.16. The Bertz CT molecular complexity index is 932. The molecule has 3 rings (SSSR count). The zero-order valence-electron chi connectivity index (χ0n) is 15.8. The van der Waals surface area contributed by atoms with Crippen LogP contribution in [0.5, 0.6) is 11.5 Å². The second-order valence-corrected chi connectivity index (χ2v) is 6.01. The van der Waals surface area contributed by atoms with Crippen LogP contribution in [0, 0.1) is 0 Å². The first-order chi connectivity index (χ1) is 13.7. The Labute approximate surface area is 163 Å². The standard InChI is InChI=1S/C21H22N4O3/c1-27-19-4-3-15(12-20(19)28-2)13-24-21(26)25-14-16-5-10-23-18(11-16)17-6-8-22-9-7-17/h3-12H,13-14H2,1-2H3,(H2,24,25,26). The average molecular weight is 378 g/mol. The van der Waals surface area contributed by atoms with Gasteiger partial charge in [0.05, 0.1) is 19.9 Å². The van der Waals surface area contributed by atoms with Crippen LogP contribution < -0.4 is 20.1 Å². The Morgan fingerprint density at radius 2 is 1.54 bits per heavy atom. The number of urea groups is 1. The van der Waals surface area contributed by atoms with Gasteiger partial charge in [0.15, 0.2) is 11.5 Å². The lowest BCUT2D eigenvalue weighted by Gasteiger charge is -2.11. The van der Waals surface area contributed by atoms with Gasteiger partial charge in [-0.2, -0.15) is 0 Å². The number of benzene rings is 1. The first kappa shape index (κ1) is 19.2. The van der Waals surface area contributed by atoms with Crippen molar-refractivity contribution in [2.24, 2.45) is 0 Å². The van der Waals surface area contributed by atoms with Gasteiger partial charge in [-0.05, 0) is 47.5 Å². The van der Waals surface area contributed by atoms with E-state index in [0.717, 1.165) is 22.4 Å². The van der Waals surface area contributed by atoms with Crippen LogP contribution in [-0.2, 0) is 13.1 Å². The molecule has 1 aromatic carbocycles. The number of carbonyl (C=O) groups is 1. The van der Waals surface area contributed by atoms with Crippen molar-refractivity contribution in [1.82, 2.24) is 20.6 Å². The lowest BCUT2D eigenvalue weighted by Crippen LogP contribution is -2.34. The number of methoxy groups -OCH3 is 2. The van der Waals surface area contributed by atoms with Crippen molar-refractivity contribution in [3.8, 4) is 22.8 Å². The number of aromatic nitrogens is 2. The van der Waals surface area contributed by atoms with Gasteiger partial charge >= 0.3 is 6.03 Å². The number of rotatable bonds is 7. The lowest BCUT2D eigenvalue weighted by molar-refractivity contribution is 0.240. The molecule has 0 fully saturated rings. The van der Waals surface area contributed by atoms with Gasteiger partial charge < -0.3 is 20.1 Å². The summed E-state index contributed by atoms with van der Waals surface area (Å²) in [5.41, 5.74) is 3.70. The Balaban J connectivity index is 1.54. The topological polar surface area (TPSA) is 85.4 Å². The predicted molar refractivity (Wildman–Crippen MR) is 106 cm³/mol. The van der Waals surface area contributed by atoms with E-state index >= 15 is 0 Å². The number of pyridine rings is 2. The van der Waals surface area contributed by atoms with Gasteiger partial charge in [0.25, 0.3) is 0 Å². The van der Waals surface area contributed by atoms with Crippen molar-refractivity contribution in [2.45, 2.75) is 13.1 Å². The van der Waals surface area contributed by atoms with Gasteiger partial charge in [0.2, 0.25) is 0 Å². The summed E-state index contributed by atoms with van der Waals surface area (Å²) in [6, 6.07) is 12.9. The zero-order valence-corrected chi connectivity index (χ0v) is 15.8. The Kier molecular flexibility index (Phi) is 6.41. The average Bonchev–Trinajstić information content (AvgIpc) is 2.76. The molecule has 7 nitrogen and oxygen atoms in total. The Hall–Kier alpha value is -3.61. The Morgan fingerprint density at radius 1 is 0.857 bits per heavy atom. The van der Waals surface area contributed by atoms with E-state index in [9.17, 15) is 4.79 Å². The van der Waals surface area contributed by atoms with Crippen LogP contribution in [0.15, 0.2) is 61.1 Å². The molecule has 0 spiro atoms. The quantitative estimate of drug-likeness (QED) is 0.660. The van der Waals surface area contributed by atoms with Crippen molar-refractivity contribution in [1.29, 1.82) is 0 Å². The van der Waals surface area contributed by atoms with Gasteiger partial charge in [0.1, 0.15) is 0 Å². The van der Waals surface area contributed by atoms with Crippen LogP contribution in [0.3, 0.4) is 0 Å². The molecular formula is C21H22N4O3. The molecule has 2 amide bonds. The minimum absolute atomic E-state index is 0.253. The highest BCUT2D eigenvalue weighted by Gasteiger charge is 2.07. The maximum Gasteiger partial charge on any atom is 0.315 e. The van der Waals surface area contributed by atoms with Crippen LogP contribution in [0.2, 0.25) is 0 Å². The van der Waals surface area contributed by atoms with Crippen LogP contribution >= 0.6 is 0 Å². The minimum Gasteiger partial charge on any atom is -0.493 e. The van der Waals surface area contributed by atoms with Crippen molar-refractivity contribution in [2.75, 3.05) is 14.2 Å². The van der Waals surface area contributed by atoms with Crippen LogP contribution in [0.25, 0.3) is 11.3 Å². The summed E-state index contributed by atoms with van der Waals surface area (Å²) >= 11 is 0. The fourth-order valence-corrected chi connectivity index (χ4v) is 2.68. The van der Waals surface area contributed by atoms with E-state index < -0.39 is 0 Å². The highest BCUT2D eigenvalue weighted by Crippen LogP contribution is 2.27. The molecule has 28 heavy (non-hydrogen) atoms. The summed E-state index contributed by atoms with van der Waals surface area (Å²) in [5.74, 6) is 1.28. The summed E-state index contributed by atoms with van der Waals surface area (Å²) < 4.78 is 10.5. The fourth-order valence-electron chi connectivity index (χ4n) is 2.68. The third-order valence-corrected chi connectivity index (χ3v) is 4.15. The minimum atomic E-state index is -0.253. The molecule has 2 N–H and O–H groups in total. The molecule has 2 aromatic heterocycles. The molecule has 0 atom stereocenters. The van der Waals surface area contributed by atoms with Crippen molar-refractivity contribution < 1.29 is 14.3 Å². The third kappa shape index (κ3) is 4.97. The first-order valence-electron chi connectivity index (χ1n) is 8.77. The normalized spacial score (nSPS) is 10.2. The lowest BCUT2D eigenvalue weighted by atomic mass is 10.1. The first-order valence-corrected chi connectivity index (χ1v) is 8.77. The molecule has 0 bridgehead atoms. The van der Waals surface area contributed by atoms with Crippen LogP contribution in [-0.4, -0.2) is 30.2 Å². The van der Waals surface area contributed by atoms with E-state index in [1.54, 1.807) is 32.8 Å². The summed E-state index contributed by atoms with van der Waals surface area (Å²) in [6.07, 6.45) is 5.18. The molecule has 3 aromatic rings. The van der Waals surface area contributed by atoms with E-state index in [0.29, 0.717) is 24.6 Å². The van der Waals surface area contributed by atoms with Crippen molar-refractivity contribution in [3.63, 3.8) is 0 Å². The summed E-state index contributed by atoms with van der Waals surface area (Å²) in [4.78, 5) is 20.5. The maximum absolute atomic E-state index is 12.1. The monoisotopic (exact) mass is 378 g/mol. The molecule has 0 aliphatic heterocycles. The van der Waals surface area contributed by atoms with E-state index in [2.05, 4.69) is 20.6 Å². The number of carbonyl (C=O) groups excluding carboxylic acids is 1. The SMILES string of the molecule is COc1ccc(CNC(=O)NCc2ccnc(-c3ccncc3)c2)cc1OC. The number of amides is 2. The van der Waals surface area contributed by atoms with E-state index in [4.69, 9.17) is 9.47 Å². The number of hydrogen-bond acceptors (Lipinski definition) is 5. The van der Waals surface area contributed by atoms with Crippen LogP contribution in [0.4, 0.5) is 4.79 Å². The summed E-state index contributed by atoms with van der Waals surface area (Å²) in [6.45, 7) is 0.781. The second kappa shape index (κ2) is 9.36. The molecule has 144 valence electrons. The molecular weight excluding hydrogens is 356 g/mol. The molecule has 2 heterocycles. The number of hydrogen-bond donors (Lipinski definition) is 2. The van der Waals surface area contributed by atoms with Gasteiger partial charge in [-0.3, -0.25) is 9.97 Å². The van der Waals surface area contributed by atoms with Gasteiger partial charge in [-0.25, -0.2) is 4.79 Å². The molecule has 0 saturated heterocycles. The molecule has 0 unspecified atom stereocenters. The largest absolute Gasteiger partial charge is 0.493 e. The Morgan fingerprint density at radius 3 is 2.21 bits per heavy atom. The van der Waals surface area contributed by atoms with Crippen molar-refractivity contribution >= 4 is 6.03 Å². The zero-order chi connectivity index (χ0) is 19.8. The molecule has 0 saturated carbocycles. The van der Waals surface area contributed by atoms with Gasteiger partial charge in [-0.15, -0.1) is 0 Å². The fraction of sp³-hybridized carbons (Fsp3) is 0.190. The maximum atomic E-state index is 12.1. The number of nitrogens with one attached hydrogen (secondary N) is 2. The summed E-state index contributed by atoms with van der Waals surface area (Å²) in [5, 5.41) is 5.69. The number of nitrogens with zero attached hydrogens (tertiary/aromatic N) is 2. The third-order valence-electron chi connectivity index (χ3n) is 4.15. The smallest absolute Gasteiger partial charge is 0.315 e. The molecule has 7 heteroatoms. The highest BCUT2D eigenvalue weighted by atomic mass is 16.5. The van der Waals surface area contributed by atoms with Crippen LogP contribution in [0.1, 0.15) is 11.1 Å². The van der Waals surface area contributed by atoms with E-state index in [1.807, 2.05) is 42.5 Å². The second-order valence-electron chi connectivity index (χ2n) is 6.01.